The van der Waals surface area contributed by atoms with Crippen molar-refractivity contribution < 1.29 is 24.4 Å². The number of unbranched alkanes of at least 4 members (excludes halogenated alkanes) is 2. The number of rotatable bonds is 10. The fraction of sp³-hybridized carbons (Fsp3) is 0.431. The molecule has 2 heterocycles. The van der Waals surface area contributed by atoms with Crippen LogP contribution < -0.4 is 4.90 Å². The third-order valence-electron chi connectivity index (χ3n) is 13.4. The van der Waals surface area contributed by atoms with Crippen LogP contribution >= 0.6 is 0 Å². The second-order valence-electron chi connectivity index (χ2n) is 18.0. The predicted octanol–water partition coefficient (Wildman–Crippen LogP) is 12.3. The van der Waals surface area contributed by atoms with Gasteiger partial charge in [0, 0.05) is 47.0 Å². The molecule has 0 bridgehead atoms. The van der Waals surface area contributed by atoms with Gasteiger partial charge in [0.05, 0.1) is 16.9 Å². The maximum absolute atomic E-state index is 12.3. The fourth-order valence-corrected chi connectivity index (χ4v) is 11.0. The molecule has 6 heteroatoms. The summed E-state index contributed by atoms with van der Waals surface area (Å²) < 4.78 is 2.56. The molecule has 0 saturated carbocycles. The minimum Gasteiger partial charge on any atom is -0.481 e. The number of nitrogens with zero attached hydrogens (tertiary/aromatic N) is 2. The molecule has 0 amide bonds. The van der Waals surface area contributed by atoms with E-state index >= 15 is 0 Å². The largest absolute Gasteiger partial charge is 0.481 e. The summed E-state index contributed by atoms with van der Waals surface area (Å²) in [5.41, 5.74) is 15.1. The van der Waals surface area contributed by atoms with Crippen LogP contribution in [0.15, 0.2) is 94.8 Å². The minimum atomic E-state index is -0.886. The lowest BCUT2D eigenvalue weighted by Gasteiger charge is -2.32. The number of aromatic carboxylic acids is 1. The Morgan fingerprint density at radius 3 is 2.40 bits per heavy atom. The Kier molecular flexibility index (Phi) is 10.3. The van der Waals surface area contributed by atoms with Gasteiger partial charge in [-0.25, -0.2) is 4.79 Å². The van der Waals surface area contributed by atoms with Crippen molar-refractivity contribution in [3.8, 4) is 0 Å². The summed E-state index contributed by atoms with van der Waals surface area (Å²) in [6.07, 6.45) is 23.0. The van der Waals surface area contributed by atoms with Crippen LogP contribution in [0.1, 0.15) is 151 Å². The predicted molar refractivity (Wildman–Crippen MR) is 233 cm³/mol. The maximum atomic E-state index is 12.3. The van der Waals surface area contributed by atoms with Crippen molar-refractivity contribution in [1.82, 2.24) is 0 Å². The number of benzene rings is 3. The first-order chi connectivity index (χ1) is 27.4. The summed E-state index contributed by atoms with van der Waals surface area (Å²) in [6, 6.07) is 14.2. The van der Waals surface area contributed by atoms with Gasteiger partial charge in [0.2, 0.25) is 5.69 Å². The zero-order valence-electron chi connectivity index (χ0n) is 34.8. The van der Waals surface area contributed by atoms with Crippen molar-refractivity contribution in [3.05, 3.63) is 123 Å². The van der Waals surface area contributed by atoms with Crippen LogP contribution in [0.2, 0.25) is 0 Å². The van der Waals surface area contributed by atoms with Crippen LogP contribution in [-0.4, -0.2) is 45.5 Å². The Bertz CT molecular complexity index is 2380. The summed E-state index contributed by atoms with van der Waals surface area (Å²) in [4.78, 5) is 27.1. The van der Waals surface area contributed by atoms with Gasteiger partial charge in [0.1, 0.15) is 6.54 Å². The lowest BCUT2D eigenvalue weighted by Crippen LogP contribution is -2.32. The van der Waals surface area contributed by atoms with E-state index in [0.29, 0.717) is 12.0 Å². The Balaban J connectivity index is 1.20. The van der Waals surface area contributed by atoms with Crippen LogP contribution in [-0.2, 0) is 15.6 Å². The van der Waals surface area contributed by atoms with Crippen LogP contribution in [0.4, 0.5) is 11.4 Å². The number of carboxylic acid groups (broad SMARTS) is 2. The number of allylic oxidation sites excluding steroid dienone is 9. The van der Waals surface area contributed by atoms with Gasteiger partial charge in [-0.2, -0.15) is 4.58 Å². The van der Waals surface area contributed by atoms with Gasteiger partial charge in [0.25, 0.3) is 0 Å². The lowest BCUT2D eigenvalue weighted by atomic mass is 9.74. The zero-order chi connectivity index (χ0) is 40.2. The highest BCUT2D eigenvalue weighted by molar-refractivity contribution is 6.13. The molecule has 0 spiro atoms. The molecule has 1 atom stereocenters. The van der Waals surface area contributed by atoms with Gasteiger partial charge in [-0.15, -0.1) is 0 Å². The summed E-state index contributed by atoms with van der Waals surface area (Å²) in [6.45, 7) is 15.8. The van der Waals surface area contributed by atoms with Gasteiger partial charge in [-0.05, 0) is 134 Å². The van der Waals surface area contributed by atoms with E-state index < -0.39 is 17.9 Å². The molecular formula is C51H59N2O4+. The average molecular weight is 764 g/mol. The van der Waals surface area contributed by atoms with Crippen LogP contribution in [0.5, 0.6) is 0 Å². The van der Waals surface area contributed by atoms with Crippen molar-refractivity contribution in [2.24, 2.45) is 0 Å². The molecule has 6 nitrogen and oxygen atoms in total. The molecule has 0 saturated heterocycles. The van der Waals surface area contributed by atoms with E-state index in [-0.39, 0.29) is 10.8 Å². The van der Waals surface area contributed by atoms with E-state index in [1.807, 2.05) is 12.1 Å². The molecule has 3 aromatic carbocycles. The molecule has 3 aliphatic carbocycles. The zero-order valence-corrected chi connectivity index (χ0v) is 34.8. The van der Waals surface area contributed by atoms with Crippen LogP contribution in [0.25, 0.3) is 16.8 Å². The number of hydrogen-bond donors (Lipinski definition) is 2. The highest BCUT2D eigenvalue weighted by Crippen LogP contribution is 2.54. The first-order valence-corrected chi connectivity index (χ1v) is 21.5. The normalized spacial score (nSPS) is 22.7. The molecular weight excluding hydrogens is 705 g/mol. The summed E-state index contributed by atoms with van der Waals surface area (Å²) in [5, 5.41) is 22.0. The van der Waals surface area contributed by atoms with Crippen LogP contribution in [0, 0.1) is 0 Å². The molecule has 1 unspecified atom stereocenters. The second kappa shape index (κ2) is 15.1. The lowest BCUT2D eigenvalue weighted by molar-refractivity contribution is -0.438. The van der Waals surface area contributed by atoms with E-state index in [1.165, 1.54) is 56.2 Å². The van der Waals surface area contributed by atoms with Crippen molar-refractivity contribution in [2.75, 3.05) is 18.0 Å². The first kappa shape index (κ1) is 38.9. The smallest absolute Gasteiger partial charge is 0.336 e. The molecule has 3 aromatic rings. The van der Waals surface area contributed by atoms with E-state index in [4.69, 9.17) is 0 Å². The van der Waals surface area contributed by atoms with Crippen molar-refractivity contribution in [2.45, 2.75) is 129 Å². The molecule has 5 aliphatic rings. The highest BCUT2D eigenvalue weighted by atomic mass is 16.4. The molecule has 8 rings (SSSR count). The van der Waals surface area contributed by atoms with Gasteiger partial charge < -0.3 is 15.1 Å². The molecule has 0 fully saturated rings. The molecule has 2 N–H and O–H groups in total. The quantitative estimate of drug-likeness (QED) is 0.201. The Labute approximate surface area is 338 Å². The van der Waals surface area contributed by atoms with E-state index in [2.05, 4.69) is 106 Å². The third-order valence-corrected chi connectivity index (χ3v) is 13.4. The third kappa shape index (κ3) is 6.53. The number of carboxylic acids is 2. The SMILES string of the molecule is CCCCN1/C(=C2C=C(/C=C3/C=C(C4=[N+](CCCC)c5ccc6c(C(=O)O)cccc6c5C4(C)C)CCC3)CCC/2)C(C)(C)c2c1ccc1c2C=CCC1C(=O)O. The average Bonchev–Trinajstić information content (AvgIpc) is 3.57. The maximum Gasteiger partial charge on any atom is 0.336 e. The van der Waals surface area contributed by atoms with Gasteiger partial charge in [0.15, 0.2) is 5.71 Å². The molecule has 57 heavy (non-hydrogen) atoms. The highest BCUT2D eigenvalue weighted by Gasteiger charge is 2.49. The summed E-state index contributed by atoms with van der Waals surface area (Å²) in [5.74, 6) is -2.14. The van der Waals surface area contributed by atoms with Crippen molar-refractivity contribution in [1.29, 1.82) is 0 Å². The second-order valence-corrected chi connectivity index (χ2v) is 18.0. The van der Waals surface area contributed by atoms with Gasteiger partial charge in [-0.3, -0.25) is 4.79 Å². The number of aliphatic carboxylic acids is 1. The summed E-state index contributed by atoms with van der Waals surface area (Å²) >= 11 is 0. The molecule has 2 aliphatic heterocycles. The van der Waals surface area contributed by atoms with Gasteiger partial charge >= 0.3 is 11.9 Å². The molecule has 0 aromatic heterocycles. The van der Waals surface area contributed by atoms with E-state index in [9.17, 15) is 19.8 Å². The monoisotopic (exact) mass is 763 g/mol. The number of fused-ring (bicyclic) bond motifs is 6. The molecule has 0 radical (unpaired) electrons. The van der Waals surface area contributed by atoms with Crippen LogP contribution in [0.3, 0.4) is 0 Å². The number of carbonyl (C=O) groups is 2. The van der Waals surface area contributed by atoms with Crippen molar-refractivity contribution in [3.63, 3.8) is 0 Å². The van der Waals surface area contributed by atoms with Gasteiger partial charge in [-0.1, -0.05) is 83.0 Å². The summed E-state index contributed by atoms with van der Waals surface area (Å²) in [7, 11) is 0. The van der Waals surface area contributed by atoms with E-state index in [0.717, 1.165) is 99.2 Å². The van der Waals surface area contributed by atoms with E-state index in [1.54, 1.807) is 6.07 Å². The Morgan fingerprint density at radius 2 is 1.65 bits per heavy atom. The standard InChI is InChI=1S/C51H58N2O4/c1-7-9-27-52-42-25-23-36-38(19-13-21-40(36)48(54)55)44(42)50(3,4)46(52)34-17-11-15-32(30-34)29-33-16-12-18-35(31-33)47-51(5,6)45-39-20-14-22-41(49(56)57)37(39)24-26-43(45)53(47)28-10-8-2/h13-14,19-21,23-26,29-31,41H,7-12,15-18,22,27-28H2,1-6H3,(H-,54,55,56,57)/p+1. The topological polar surface area (TPSA) is 80.8 Å². The van der Waals surface area contributed by atoms with Crippen molar-refractivity contribution >= 4 is 45.9 Å². The Morgan fingerprint density at radius 1 is 0.860 bits per heavy atom. The Hall–Kier alpha value is -4.97. The minimum absolute atomic E-state index is 0.268. The molecule has 296 valence electrons. The fourth-order valence-electron chi connectivity index (χ4n) is 11.0. The number of anilines is 1. The number of hydrogen-bond acceptors (Lipinski definition) is 3. The first-order valence-electron chi connectivity index (χ1n) is 21.5.